The molecule has 10 heteroatoms. The highest BCUT2D eigenvalue weighted by Gasteiger charge is 2.36. The minimum atomic E-state index is -0.487. The van der Waals surface area contributed by atoms with Crippen molar-refractivity contribution in [3.05, 3.63) is 29.3 Å². The number of amides is 2. The van der Waals surface area contributed by atoms with Crippen molar-refractivity contribution >= 4 is 17.6 Å². The van der Waals surface area contributed by atoms with Gasteiger partial charge >= 0.3 is 6.03 Å². The first kappa shape index (κ1) is 19.1. The van der Waals surface area contributed by atoms with Crippen LogP contribution in [0.15, 0.2) is 33.6 Å². The minimum absolute atomic E-state index is 0.0231. The van der Waals surface area contributed by atoms with E-state index in [1.165, 1.54) is 0 Å². The van der Waals surface area contributed by atoms with Crippen LogP contribution < -0.4 is 21.7 Å². The molecule has 2 amide bonds. The third kappa shape index (κ3) is 4.92. The summed E-state index contributed by atoms with van der Waals surface area (Å²) in [5.74, 6) is 0.174. The molecule has 27 heavy (non-hydrogen) atoms. The van der Waals surface area contributed by atoms with Gasteiger partial charge < -0.3 is 31.5 Å². The zero-order chi connectivity index (χ0) is 19.2. The second-order valence-corrected chi connectivity index (χ2v) is 6.47. The van der Waals surface area contributed by atoms with Gasteiger partial charge in [-0.2, -0.15) is 5.11 Å². The van der Waals surface area contributed by atoms with E-state index in [2.05, 4.69) is 31.4 Å². The number of amidine groups is 1. The topological polar surface area (TPSA) is 146 Å². The van der Waals surface area contributed by atoms with Gasteiger partial charge in [-0.3, -0.25) is 0 Å². The minimum Gasteiger partial charge on any atom is -0.389 e. The number of benzene rings is 1. The summed E-state index contributed by atoms with van der Waals surface area (Å²) in [7, 11) is 0. The lowest BCUT2D eigenvalue weighted by molar-refractivity contribution is -0.0672. The summed E-state index contributed by atoms with van der Waals surface area (Å²) >= 11 is 0. The molecule has 1 fully saturated rings. The molecule has 1 aromatic carbocycles. The lowest BCUT2D eigenvalue weighted by Gasteiger charge is -2.40. The number of urea groups is 1. The fourth-order valence-electron chi connectivity index (χ4n) is 3.08. The number of carbonyl (C=O) groups is 1. The lowest BCUT2D eigenvalue weighted by Crippen LogP contribution is -2.46. The molecular weight excluding hydrogens is 350 g/mol. The summed E-state index contributed by atoms with van der Waals surface area (Å²) in [5.41, 5.74) is 8.59. The summed E-state index contributed by atoms with van der Waals surface area (Å²) < 4.78 is 5.74. The van der Waals surface area contributed by atoms with Crippen molar-refractivity contribution in [2.45, 2.75) is 38.1 Å². The number of anilines is 1. The van der Waals surface area contributed by atoms with E-state index >= 15 is 0 Å². The average Bonchev–Trinajstić information content (AvgIpc) is 2.68. The molecule has 2 heterocycles. The van der Waals surface area contributed by atoms with Crippen molar-refractivity contribution in [3.8, 4) is 0 Å². The van der Waals surface area contributed by atoms with Crippen molar-refractivity contribution < 1.29 is 14.6 Å². The maximum atomic E-state index is 11.9. The van der Waals surface area contributed by atoms with Gasteiger partial charge in [-0.05, 0) is 29.8 Å². The number of fused-ring (bicyclic) bond motifs is 4. The van der Waals surface area contributed by atoms with Crippen LogP contribution in [0.1, 0.15) is 30.6 Å². The molecule has 6 N–H and O–H groups in total. The van der Waals surface area contributed by atoms with Crippen molar-refractivity contribution in [2.75, 3.05) is 25.0 Å². The summed E-state index contributed by atoms with van der Waals surface area (Å²) in [4.78, 5) is 11.9. The summed E-state index contributed by atoms with van der Waals surface area (Å²) in [6.45, 7) is 3.13. The molecule has 1 saturated heterocycles. The van der Waals surface area contributed by atoms with Gasteiger partial charge in [-0.15, -0.1) is 5.10 Å². The van der Waals surface area contributed by atoms with E-state index < -0.39 is 6.10 Å². The molecule has 10 nitrogen and oxygen atoms in total. The first-order valence-electron chi connectivity index (χ1n) is 8.96. The normalized spacial score (nSPS) is 24.2. The zero-order valence-corrected chi connectivity index (χ0v) is 15.2. The Morgan fingerprint density at radius 1 is 1.44 bits per heavy atom. The Hall–Kier alpha value is -2.72. The molecule has 2 bridgehead atoms. The number of nitrogens with zero attached hydrogens (tertiary/aromatic N) is 3. The molecule has 3 atom stereocenters. The number of nitrogens with one attached hydrogen (secondary N) is 3. The van der Waals surface area contributed by atoms with Crippen LogP contribution >= 0.6 is 0 Å². The first-order chi connectivity index (χ1) is 13.1. The summed E-state index contributed by atoms with van der Waals surface area (Å²) in [5, 5.41) is 29.5. The summed E-state index contributed by atoms with van der Waals surface area (Å²) in [6, 6.07) is 5.57. The second kappa shape index (κ2) is 8.78. The Morgan fingerprint density at radius 3 is 3.11 bits per heavy atom. The first-order valence-corrected chi connectivity index (χ1v) is 8.96. The SMILES string of the molecule is CCN=NN=C(N)CNC(=O)NCc1ccc2c(c1)C1C[C@H](N2)[C@H](O)CO1. The monoisotopic (exact) mass is 375 g/mol. The second-order valence-electron chi connectivity index (χ2n) is 6.47. The Bertz CT molecular complexity index is 737. The van der Waals surface area contributed by atoms with E-state index in [1.807, 2.05) is 25.1 Å². The Morgan fingerprint density at radius 2 is 2.30 bits per heavy atom. The Kier molecular flexibility index (Phi) is 6.20. The van der Waals surface area contributed by atoms with Crippen LogP contribution in [0.3, 0.4) is 0 Å². The molecule has 0 radical (unpaired) electrons. The number of ether oxygens (including phenoxy) is 1. The van der Waals surface area contributed by atoms with Crippen LogP contribution in [0.4, 0.5) is 10.5 Å². The van der Waals surface area contributed by atoms with Gasteiger partial charge in [-0.25, -0.2) is 4.79 Å². The van der Waals surface area contributed by atoms with Gasteiger partial charge in [0.25, 0.3) is 0 Å². The number of aliphatic hydroxyl groups excluding tert-OH is 1. The van der Waals surface area contributed by atoms with E-state index in [4.69, 9.17) is 10.5 Å². The van der Waals surface area contributed by atoms with E-state index in [9.17, 15) is 9.90 Å². The van der Waals surface area contributed by atoms with Crippen LogP contribution in [0.2, 0.25) is 0 Å². The number of hydrogen-bond donors (Lipinski definition) is 5. The highest BCUT2D eigenvalue weighted by atomic mass is 16.5. The van der Waals surface area contributed by atoms with Gasteiger partial charge in [0.15, 0.2) is 0 Å². The van der Waals surface area contributed by atoms with E-state index in [1.54, 1.807) is 0 Å². The van der Waals surface area contributed by atoms with Crippen molar-refractivity contribution in [3.63, 3.8) is 0 Å². The third-order valence-corrected chi connectivity index (χ3v) is 4.47. The lowest BCUT2D eigenvalue weighted by atomic mass is 9.89. The maximum Gasteiger partial charge on any atom is 0.315 e. The standard InChI is InChI=1S/C17H25N7O3/c1-2-21-24-23-16(18)8-20-17(26)19-7-10-3-4-12-11(5-10)15-6-13(22-12)14(25)9-27-15/h3-5,13-15,22,25H,2,6-9H2,1H3,(H2,18,21,23)(H2,19,20,26)/t13-,14+,15?/m0/s1. The van der Waals surface area contributed by atoms with Crippen molar-refractivity contribution in [1.29, 1.82) is 0 Å². The molecule has 146 valence electrons. The van der Waals surface area contributed by atoms with Crippen LogP contribution in [0.25, 0.3) is 0 Å². The van der Waals surface area contributed by atoms with E-state index in [0.717, 1.165) is 23.2 Å². The van der Waals surface area contributed by atoms with Crippen LogP contribution in [0, 0.1) is 0 Å². The molecule has 3 rings (SSSR count). The smallest absolute Gasteiger partial charge is 0.315 e. The average molecular weight is 375 g/mol. The third-order valence-electron chi connectivity index (χ3n) is 4.47. The van der Waals surface area contributed by atoms with Gasteiger partial charge in [0.2, 0.25) is 0 Å². The highest BCUT2D eigenvalue weighted by molar-refractivity contribution is 5.86. The van der Waals surface area contributed by atoms with Gasteiger partial charge in [0, 0.05) is 24.2 Å². The predicted molar refractivity (Wildman–Crippen MR) is 100 cm³/mol. The molecule has 2 aliphatic heterocycles. The number of nitrogens with two attached hydrogens (primary N) is 1. The Balaban J connectivity index is 1.51. The molecule has 1 aromatic rings. The summed E-state index contributed by atoms with van der Waals surface area (Å²) in [6.07, 6.45) is 0.218. The quantitative estimate of drug-likeness (QED) is 0.216. The molecule has 0 saturated carbocycles. The van der Waals surface area contributed by atoms with Crippen LogP contribution in [-0.4, -0.2) is 48.8 Å². The van der Waals surface area contributed by atoms with Crippen LogP contribution in [-0.2, 0) is 11.3 Å². The van der Waals surface area contributed by atoms with Gasteiger partial charge in [0.1, 0.15) is 5.84 Å². The number of carbonyl (C=O) groups excluding carboxylic acids is 1. The van der Waals surface area contributed by atoms with E-state index in [-0.39, 0.29) is 30.6 Å². The van der Waals surface area contributed by atoms with E-state index in [0.29, 0.717) is 19.7 Å². The predicted octanol–water partition coefficient (Wildman–Crippen LogP) is 0.847. The zero-order valence-electron chi connectivity index (χ0n) is 15.2. The van der Waals surface area contributed by atoms with Gasteiger partial charge in [-0.1, -0.05) is 6.07 Å². The maximum absolute atomic E-state index is 11.9. The number of aliphatic hydroxyl groups is 1. The highest BCUT2D eigenvalue weighted by Crippen LogP contribution is 2.39. The fourth-order valence-corrected chi connectivity index (χ4v) is 3.08. The van der Waals surface area contributed by atoms with Gasteiger partial charge in [0.05, 0.1) is 37.9 Å². The largest absolute Gasteiger partial charge is 0.389 e. The molecule has 1 unspecified atom stereocenters. The number of rotatable bonds is 6. The van der Waals surface area contributed by atoms with Crippen molar-refractivity contribution in [1.82, 2.24) is 10.6 Å². The molecule has 0 aliphatic carbocycles. The molecule has 2 aliphatic rings. The van der Waals surface area contributed by atoms with Crippen molar-refractivity contribution in [2.24, 2.45) is 21.2 Å². The molecule has 0 spiro atoms. The Labute approximate surface area is 157 Å². The number of hydrogen-bond acceptors (Lipinski definition) is 6. The molecular formula is C17H25N7O3. The van der Waals surface area contributed by atoms with Crippen LogP contribution in [0.5, 0.6) is 0 Å². The molecule has 0 aromatic heterocycles. The fraction of sp³-hybridized carbons (Fsp3) is 0.529.